The summed E-state index contributed by atoms with van der Waals surface area (Å²) in [6.45, 7) is 3.55. The van der Waals surface area contributed by atoms with Gasteiger partial charge in [0.2, 0.25) is 10.0 Å². The zero-order chi connectivity index (χ0) is 22.7. The fourth-order valence-electron chi connectivity index (χ4n) is 3.98. The summed E-state index contributed by atoms with van der Waals surface area (Å²) in [5.74, 6) is 0.519. The fourth-order valence-corrected chi connectivity index (χ4v) is 5.61. The molecule has 2 aromatic rings. The van der Waals surface area contributed by atoms with E-state index in [9.17, 15) is 13.2 Å². The van der Waals surface area contributed by atoms with E-state index in [4.69, 9.17) is 21.1 Å². The van der Waals surface area contributed by atoms with Gasteiger partial charge in [0.1, 0.15) is 5.75 Å². The number of carbonyl (C=O) groups is 1. The van der Waals surface area contributed by atoms with Gasteiger partial charge in [0, 0.05) is 39.3 Å². The summed E-state index contributed by atoms with van der Waals surface area (Å²) in [6, 6.07) is 12.1. The molecule has 4 rings (SSSR count). The van der Waals surface area contributed by atoms with Gasteiger partial charge in [0.15, 0.2) is 0 Å². The van der Waals surface area contributed by atoms with Crippen molar-refractivity contribution in [1.29, 1.82) is 0 Å². The molecule has 2 aliphatic rings. The van der Waals surface area contributed by atoms with Crippen molar-refractivity contribution in [3.8, 4) is 5.75 Å². The molecule has 2 saturated heterocycles. The Morgan fingerprint density at radius 3 is 2.38 bits per heavy atom. The van der Waals surface area contributed by atoms with Crippen LogP contribution >= 0.6 is 11.6 Å². The summed E-state index contributed by atoms with van der Waals surface area (Å²) in [4.78, 5) is 17.2. The smallest absolute Gasteiger partial charge is 0.255 e. The third kappa shape index (κ3) is 4.56. The Kier molecular flexibility index (Phi) is 6.90. The summed E-state index contributed by atoms with van der Waals surface area (Å²) in [7, 11) is -2.08. The first-order chi connectivity index (χ1) is 15.4. The number of morpholine rings is 1. The van der Waals surface area contributed by atoms with Crippen LogP contribution in [0.1, 0.15) is 10.4 Å². The summed E-state index contributed by atoms with van der Waals surface area (Å²) >= 11 is 6.31. The van der Waals surface area contributed by atoms with E-state index in [-0.39, 0.29) is 21.4 Å². The number of carbonyl (C=O) groups excluding carboxylic acids is 1. The molecule has 8 nitrogen and oxygen atoms in total. The molecule has 2 aliphatic heterocycles. The second-order valence-corrected chi connectivity index (χ2v) is 9.95. The summed E-state index contributed by atoms with van der Waals surface area (Å²) in [6.07, 6.45) is 0. The van der Waals surface area contributed by atoms with Gasteiger partial charge in [-0.3, -0.25) is 4.79 Å². The number of sulfonamides is 1. The van der Waals surface area contributed by atoms with E-state index in [1.165, 1.54) is 22.5 Å². The average molecular weight is 480 g/mol. The van der Waals surface area contributed by atoms with Crippen LogP contribution in [0.5, 0.6) is 5.75 Å². The number of amides is 1. The molecule has 2 aromatic carbocycles. The fraction of sp³-hybridized carbons (Fsp3) is 0.409. The van der Waals surface area contributed by atoms with Gasteiger partial charge in [-0.2, -0.15) is 4.31 Å². The standard InChI is InChI=1S/C22H26ClN3O5S/c1-30-21-5-3-2-4-20(21)24-8-10-25(11-9-24)22(27)18-16-17(6-7-19(18)23)32(28,29)26-12-14-31-15-13-26/h2-7,16H,8-15H2,1H3. The number of benzene rings is 2. The van der Waals surface area contributed by atoms with Gasteiger partial charge < -0.3 is 19.3 Å². The van der Waals surface area contributed by atoms with Crippen molar-refractivity contribution < 1.29 is 22.7 Å². The predicted molar refractivity (Wildman–Crippen MR) is 122 cm³/mol. The van der Waals surface area contributed by atoms with Crippen LogP contribution < -0.4 is 9.64 Å². The summed E-state index contributed by atoms with van der Waals surface area (Å²) in [5, 5.41) is 0.239. The zero-order valence-corrected chi connectivity index (χ0v) is 19.4. The Labute approximate surface area is 193 Å². The van der Waals surface area contributed by atoms with Crippen LogP contribution in [0.25, 0.3) is 0 Å². The minimum Gasteiger partial charge on any atom is -0.495 e. The number of nitrogens with zero attached hydrogens (tertiary/aromatic N) is 3. The van der Waals surface area contributed by atoms with Crippen molar-refractivity contribution in [2.45, 2.75) is 4.90 Å². The Balaban J connectivity index is 1.50. The SMILES string of the molecule is COc1ccccc1N1CCN(C(=O)c2cc(S(=O)(=O)N3CCOCC3)ccc2Cl)CC1. The summed E-state index contributed by atoms with van der Waals surface area (Å²) in [5.41, 5.74) is 1.19. The zero-order valence-electron chi connectivity index (χ0n) is 17.9. The topological polar surface area (TPSA) is 79.4 Å². The number of rotatable bonds is 5. The number of hydrogen-bond donors (Lipinski definition) is 0. The molecule has 2 fully saturated rings. The number of methoxy groups -OCH3 is 1. The van der Waals surface area contributed by atoms with Crippen molar-refractivity contribution in [3.05, 3.63) is 53.1 Å². The lowest BCUT2D eigenvalue weighted by molar-refractivity contribution is 0.0729. The molecule has 0 spiro atoms. The lowest BCUT2D eigenvalue weighted by atomic mass is 10.1. The Morgan fingerprint density at radius 2 is 1.69 bits per heavy atom. The first-order valence-electron chi connectivity index (χ1n) is 10.5. The minimum atomic E-state index is -3.72. The van der Waals surface area contributed by atoms with Gasteiger partial charge in [-0.05, 0) is 30.3 Å². The maximum absolute atomic E-state index is 13.2. The van der Waals surface area contributed by atoms with Crippen LogP contribution in [-0.2, 0) is 14.8 Å². The highest BCUT2D eigenvalue weighted by molar-refractivity contribution is 7.89. The molecule has 0 aliphatic carbocycles. The van der Waals surface area contributed by atoms with Crippen molar-refractivity contribution in [1.82, 2.24) is 9.21 Å². The normalized spacial score (nSPS) is 17.9. The van der Waals surface area contributed by atoms with Gasteiger partial charge >= 0.3 is 0 Å². The molecule has 0 saturated carbocycles. The van der Waals surface area contributed by atoms with Crippen LogP contribution in [0.2, 0.25) is 5.02 Å². The van der Waals surface area contributed by atoms with Crippen molar-refractivity contribution >= 4 is 33.2 Å². The molecule has 0 aromatic heterocycles. The first kappa shape index (κ1) is 22.8. The lowest BCUT2D eigenvalue weighted by Gasteiger charge is -2.36. The third-order valence-electron chi connectivity index (χ3n) is 5.77. The molecule has 172 valence electrons. The van der Waals surface area contributed by atoms with E-state index in [0.717, 1.165) is 11.4 Å². The second kappa shape index (κ2) is 9.66. The Bertz CT molecular complexity index is 1080. The first-order valence-corrected chi connectivity index (χ1v) is 12.3. The minimum absolute atomic E-state index is 0.0693. The van der Waals surface area contributed by atoms with E-state index >= 15 is 0 Å². The van der Waals surface area contributed by atoms with Crippen LogP contribution in [0.4, 0.5) is 5.69 Å². The van der Waals surface area contributed by atoms with Crippen LogP contribution in [0, 0.1) is 0 Å². The molecular formula is C22H26ClN3O5S. The highest BCUT2D eigenvalue weighted by Crippen LogP contribution is 2.29. The van der Waals surface area contributed by atoms with Crippen molar-refractivity contribution in [3.63, 3.8) is 0 Å². The second-order valence-electron chi connectivity index (χ2n) is 7.61. The number of piperazine rings is 1. The molecule has 0 N–H and O–H groups in total. The van der Waals surface area contributed by atoms with Gasteiger partial charge in [-0.1, -0.05) is 23.7 Å². The summed E-state index contributed by atoms with van der Waals surface area (Å²) < 4.78 is 38.1. The highest BCUT2D eigenvalue weighted by Gasteiger charge is 2.29. The predicted octanol–water partition coefficient (Wildman–Crippen LogP) is 2.33. The van der Waals surface area contributed by atoms with E-state index in [1.807, 2.05) is 24.3 Å². The molecule has 0 radical (unpaired) electrons. The van der Waals surface area contributed by atoms with E-state index < -0.39 is 10.0 Å². The number of ether oxygens (including phenoxy) is 2. The van der Waals surface area contributed by atoms with Crippen LogP contribution in [0.15, 0.2) is 47.4 Å². The monoisotopic (exact) mass is 479 g/mol. The van der Waals surface area contributed by atoms with Gasteiger partial charge in [-0.15, -0.1) is 0 Å². The molecule has 0 unspecified atom stereocenters. The lowest BCUT2D eigenvalue weighted by Crippen LogP contribution is -2.49. The maximum Gasteiger partial charge on any atom is 0.255 e. The number of anilines is 1. The molecule has 10 heteroatoms. The Morgan fingerprint density at radius 1 is 1.00 bits per heavy atom. The third-order valence-corrected chi connectivity index (χ3v) is 7.99. The highest BCUT2D eigenvalue weighted by atomic mass is 35.5. The van der Waals surface area contributed by atoms with Gasteiger partial charge in [0.25, 0.3) is 5.91 Å². The van der Waals surface area contributed by atoms with E-state index in [2.05, 4.69) is 4.90 Å². The molecule has 32 heavy (non-hydrogen) atoms. The van der Waals surface area contributed by atoms with Gasteiger partial charge in [-0.25, -0.2) is 8.42 Å². The molecular weight excluding hydrogens is 454 g/mol. The molecule has 0 atom stereocenters. The van der Waals surface area contributed by atoms with Crippen molar-refractivity contribution in [2.75, 3.05) is 64.5 Å². The average Bonchev–Trinajstić information content (AvgIpc) is 2.84. The number of halogens is 1. The van der Waals surface area contributed by atoms with E-state index in [1.54, 1.807) is 12.0 Å². The van der Waals surface area contributed by atoms with E-state index in [0.29, 0.717) is 52.5 Å². The number of para-hydroxylation sites is 2. The largest absolute Gasteiger partial charge is 0.495 e. The van der Waals surface area contributed by atoms with Crippen LogP contribution in [-0.4, -0.2) is 83.1 Å². The Hall–Kier alpha value is -2.33. The molecule has 2 heterocycles. The molecule has 0 bridgehead atoms. The van der Waals surface area contributed by atoms with Crippen molar-refractivity contribution in [2.24, 2.45) is 0 Å². The number of hydrogen-bond acceptors (Lipinski definition) is 6. The molecule has 1 amide bonds. The van der Waals surface area contributed by atoms with Gasteiger partial charge in [0.05, 0.1) is 41.5 Å². The maximum atomic E-state index is 13.2. The quantitative estimate of drug-likeness (QED) is 0.655. The van der Waals surface area contributed by atoms with Crippen LogP contribution in [0.3, 0.4) is 0 Å².